The van der Waals surface area contributed by atoms with Gasteiger partial charge < -0.3 is 4.57 Å². The molecule has 1 saturated carbocycles. The summed E-state index contributed by atoms with van der Waals surface area (Å²) in [5.41, 5.74) is 1.30. The largest absolute Gasteiger partial charge is 0.309 e. The molecular formula is C17H22BrN3S. The van der Waals surface area contributed by atoms with Crippen molar-refractivity contribution in [1.82, 2.24) is 14.8 Å². The number of hydrogen-bond donors (Lipinski definition) is 0. The van der Waals surface area contributed by atoms with Crippen molar-refractivity contribution in [3.8, 4) is 0 Å². The second kappa shape index (κ2) is 7.64. The average Bonchev–Trinajstić information content (AvgIpc) is 2.87. The van der Waals surface area contributed by atoms with E-state index in [1.165, 1.54) is 37.7 Å². The highest BCUT2D eigenvalue weighted by Crippen LogP contribution is 2.28. The standard InChI is InChI=1S/C17H22BrN3S/c1-21-16(11-13-6-3-2-4-7-13)19-20-17(21)22-12-14-8-5-9-15(18)10-14/h5,8-10,13H,2-4,6-7,11-12H2,1H3. The molecule has 0 saturated heterocycles. The summed E-state index contributed by atoms with van der Waals surface area (Å²) in [5.74, 6) is 2.87. The van der Waals surface area contributed by atoms with Gasteiger partial charge >= 0.3 is 0 Å². The van der Waals surface area contributed by atoms with Crippen LogP contribution in [-0.2, 0) is 19.2 Å². The number of rotatable bonds is 5. The molecule has 22 heavy (non-hydrogen) atoms. The van der Waals surface area contributed by atoms with Crippen molar-refractivity contribution in [3.05, 3.63) is 40.1 Å². The van der Waals surface area contributed by atoms with Gasteiger partial charge in [0.05, 0.1) is 0 Å². The van der Waals surface area contributed by atoms with Crippen LogP contribution in [0.15, 0.2) is 33.9 Å². The first-order valence-electron chi connectivity index (χ1n) is 7.98. The van der Waals surface area contributed by atoms with E-state index in [0.717, 1.165) is 33.5 Å². The maximum atomic E-state index is 4.42. The van der Waals surface area contributed by atoms with Gasteiger partial charge in [0.25, 0.3) is 0 Å². The van der Waals surface area contributed by atoms with Gasteiger partial charge in [0.1, 0.15) is 5.82 Å². The Balaban J connectivity index is 1.60. The molecule has 1 aliphatic carbocycles. The first kappa shape index (κ1) is 16.1. The highest BCUT2D eigenvalue weighted by atomic mass is 79.9. The molecule has 1 fully saturated rings. The summed E-state index contributed by atoms with van der Waals surface area (Å²) in [7, 11) is 2.10. The number of benzene rings is 1. The third-order valence-electron chi connectivity index (χ3n) is 4.38. The summed E-state index contributed by atoms with van der Waals surface area (Å²) in [4.78, 5) is 0. The van der Waals surface area contributed by atoms with E-state index in [4.69, 9.17) is 0 Å². The molecule has 1 aliphatic rings. The maximum absolute atomic E-state index is 4.42. The minimum Gasteiger partial charge on any atom is -0.309 e. The minimum absolute atomic E-state index is 0.805. The fraction of sp³-hybridized carbons (Fsp3) is 0.529. The van der Waals surface area contributed by atoms with Gasteiger partial charge in [-0.2, -0.15) is 0 Å². The van der Waals surface area contributed by atoms with Gasteiger partial charge in [-0.3, -0.25) is 0 Å². The molecule has 3 nitrogen and oxygen atoms in total. The monoisotopic (exact) mass is 379 g/mol. The zero-order valence-electron chi connectivity index (χ0n) is 13.0. The molecule has 0 atom stereocenters. The Morgan fingerprint density at radius 2 is 2.05 bits per heavy atom. The summed E-state index contributed by atoms with van der Waals surface area (Å²) in [6.07, 6.45) is 7.96. The molecule has 0 unspecified atom stereocenters. The summed E-state index contributed by atoms with van der Waals surface area (Å²) in [6.45, 7) is 0. The van der Waals surface area contributed by atoms with Crippen molar-refractivity contribution < 1.29 is 0 Å². The maximum Gasteiger partial charge on any atom is 0.191 e. The third-order valence-corrected chi connectivity index (χ3v) is 5.96. The molecule has 1 aromatic carbocycles. The lowest BCUT2D eigenvalue weighted by Gasteiger charge is -2.20. The Bertz CT molecular complexity index is 620. The first-order valence-corrected chi connectivity index (χ1v) is 9.76. The Hall–Kier alpha value is -0.810. The van der Waals surface area contributed by atoms with E-state index < -0.39 is 0 Å². The van der Waals surface area contributed by atoms with Gasteiger partial charge in [0.2, 0.25) is 0 Å². The van der Waals surface area contributed by atoms with Crippen LogP contribution in [0.5, 0.6) is 0 Å². The molecule has 2 aromatic rings. The highest BCUT2D eigenvalue weighted by Gasteiger charge is 2.18. The highest BCUT2D eigenvalue weighted by molar-refractivity contribution is 9.10. The topological polar surface area (TPSA) is 30.7 Å². The molecule has 118 valence electrons. The second-order valence-corrected chi connectivity index (χ2v) is 7.94. The van der Waals surface area contributed by atoms with E-state index in [9.17, 15) is 0 Å². The molecule has 3 rings (SSSR count). The Kier molecular flexibility index (Phi) is 5.58. The molecular weight excluding hydrogens is 358 g/mol. The average molecular weight is 380 g/mol. The summed E-state index contributed by atoms with van der Waals surface area (Å²) >= 11 is 5.28. The van der Waals surface area contributed by atoms with Crippen LogP contribution in [0.3, 0.4) is 0 Å². The van der Waals surface area contributed by atoms with Crippen molar-refractivity contribution in [1.29, 1.82) is 0 Å². The fourth-order valence-corrected chi connectivity index (χ4v) is 4.39. The minimum atomic E-state index is 0.805. The van der Waals surface area contributed by atoms with Crippen molar-refractivity contribution in [2.75, 3.05) is 0 Å². The predicted molar refractivity (Wildman–Crippen MR) is 95.0 cm³/mol. The zero-order chi connectivity index (χ0) is 15.4. The van der Waals surface area contributed by atoms with Gasteiger partial charge in [-0.1, -0.05) is 71.9 Å². The lowest BCUT2D eigenvalue weighted by Crippen LogP contribution is -2.12. The summed E-state index contributed by atoms with van der Waals surface area (Å²) in [6, 6.07) is 8.44. The van der Waals surface area contributed by atoms with E-state index in [1.54, 1.807) is 11.8 Å². The number of hydrogen-bond acceptors (Lipinski definition) is 3. The van der Waals surface area contributed by atoms with Crippen molar-refractivity contribution in [3.63, 3.8) is 0 Å². The molecule has 5 heteroatoms. The van der Waals surface area contributed by atoms with Gasteiger partial charge in [-0.15, -0.1) is 10.2 Å². The predicted octanol–water partition coefficient (Wildman–Crippen LogP) is 4.99. The molecule has 0 N–H and O–H groups in total. The SMILES string of the molecule is Cn1c(CC2CCCCC2)nnc1SCc1cccc(Br)c1. The van der Waals surface area contributed by atoms with Gasteiger partial charge in [0.15, 0.2) is 5.16 Å². The Morgan fingerprint density at radius 3 is 2.82 bits per heavy atom. The van der Waals surface area contributed by atoms with Crippen LogP contribution in [0, 0.1) is 5.92 Å². The van der Waals surface area contributed by atoms with Gasteiger partial charge in [0, 0.05) is 23.7 Å². The Labute approximate surface area is 145 Å². The molecule has 0 aliphatic heterocycles. The van der Waals surface area contributed by atoms with Crippen LogP contribution in [0.4, 0.5) is 0 Å². The summed E-state index contributed by atoms with van der Waals surface area (Å²) < 4.78 is 3.30. The zero-order valence-corrected chi connectivity index (χ0v) is 15.4. The van der Waals surface area contributed by atoms with Crippen LogP contribution in [0.1, 0.15) is 43.5 Å². The van der Waals surface area contributed by atoms with Crippen LogP contribution in [0.25, 0.3) is 0 Å². The van der Waals surface area contributed by atoms with Crippen LogP contribution < -0.4 is 0 Å². The van der Waals surface area contributed by atoms with Crippen LogP contribution >= 0.6 is 27.7 Å². The lowest BCUT2D eigenvalue weighted by atomic mass is 9.87. The van der Waals surface area contributed by atoms with Crippen molar-refractivity contribution in [2.24, 2.45) is 13.0 Å². The normalized spacial score (nSPS) is 16.1. The van der Waals surface area contributed by atoms with E-state index >= 15 is 0 Å². The smallest absolute Gasteiger partial charge is 0.191 e. The van der Waals surface area contributed by atoms with E-state index in [0.29, 0.717) is 0 Å². The van der Waals surface area contributed by atoms with E-state index in [1.807, 2.05) is 0 Å². The molecule has 0 bridgehead atoms. The van der Waals surface area contributed by atoms with Crippen molar-refractivity contribution in [2.45, 2.75) is 49.4 Å². The molecule has 0 amide bonds. The quantitative estimate of drug-likeness (QED) is 0.685. The van der Waals surface area contributed by atoms with E-state index in [2.05, 4.69) is 62.0 Å². The lowest BCUT2D eigenvalue weighted by molar-refractivity contribution is 0.348. The van der Waals surface area contributed by atoms with Gasteiger partial charge in [-0.25, -0.2) is 0 Å². The third kappa shape index (κ3) is 4.13. The molecule has 0 radical (unpaired) electrons. The molecule has 1 aromatic heterocycles. The second-order valence-electron chi connectivity index (χ2n) is 6.08. The number of nitrogens with zero attached hydrogens (tertiary/aromatic N) is 3. The van der Waals surface area contributed by atoms with E-state index in [-0.39, 0.29) is 0 Å². The number of aromatic nitrogens is 3. The van der Waals surface area contributed by atoms with Crippen LogP contribution in [0.2, 0.25) is 0 Å². The summed E-state index contributed by atoms with van der Waals surface area (Å²) in [5, 5.41) is 9.82. The number of thioether (sulfide) groups is 1. The van der Waals surface area contributed by atoms with Gasteiger partial charge in [-0.05, 0) is 23.6 Å². The molecule has 0 spiro atoms. The fourth-order valence-electron chi connectivity index (χ4n) is 3.07. The van der Waals surface area contributed by atoms with Crippen molar-refractivity contribution >= 4 is 27.7 Å². The number of halogens is 1. The first-order chi connectivity index (χ1) is 10.7. The van der Waals surface area contributed by atoms with Crippen LogP contribution in [-0.4, -0.2) is 14.8 Å². The molecule has 1 heterocycles. The Morgan fingerprint density at radius 1 is 1.23 bits per heavy atom.